The third-order valence-corrected chi connectivity index (χ3v) is 4.26. The smallest absolute Gasteiger partial charge is 0.344 e. The van der Waals surface area contributed by atoms with Crippen LogP contribution in [0.4, 0.5) is 0 Å². The third-order valence-electron chi connectivity index (χ3n) is 4.01. The van der Waals surface area contributed by atoms with E-state index in [9.17, 15) is 9.59 Å². The van der Waals surface area contributed by atoms with Crippen LogP contribution < -0.4 is 10.1 Å². The Hall–Kier alpha value is -2.53. The number of carbonyl (C=O) groups is 2. The van der Waals surface area contributed by atoms with Crippen LogP contribution in [0, 0.1) is 13.8 Å². The molecule has 0 aromatic heterocycles. The van der Waals surface area contributed by atoms with Crippen molar-refractivity contribution < 1.29 is 19.1 Å². The number of ether oxygens (including phenoxy) is 2. The number of hydrogen-bond donors (Lipinski definition) is 1. The van der Waals surface area contributed by atoms with E-state index < -0.39 is 5.97 Å². The quantitative estimate of drug-likeness (QED) is 0.748. The number of carbonyl (C=O) groups excluding carboxylic acids is 2. The van der Waals surface area contributed by atoms with Crippen molar-refractivity contribution in [1.29, 1.82) is 0 Å². The molecule has 0 bridgehead atoms. The molecule has 1 N–H and O–H groups in total. The fraction of sp³-hybridized carbons (Fsp3) is 0.300. The molecular weight excluding hydrogens is 354 g/mol. The van der Waals surface area contributed by atoms with E-state index in [0.717, 1.165) is 16.7 Å². The van der Waals surface area contributed by atoms with Crippen LogP contribution in [-0.4, -0.2) is 25.1 Å². The van der Waals surface area contributed by atoms with Crippen molar-refractivity contribution in [2.24, 2.45) is 0 Å². The number of halogens is 1. The van der Waals surface area contributed by atoms with Crippen LogP contribution in [0.25, 0.3) is 0 Å². The summed E-state index contributed by atoms with van der Waals surface area (Å²) in [6.07, 6.45) is 0. The maximum atomic E-state index is 11.9. The van der Waals surface area contributed by atoms with Crippen molar-refractivity contribution in [1.82, 2.24) is 5.32 Å². The summed E-state index contributed by atoms with van der Waals surface area (Å²) in [6, 6.07) is 12.6. The molecule has 0 saturated carbocycles. The molecule has 0 aliphatic heterocycles. The number of rotatable bonds is 7. The monoisotopic (exact) mass is 375 g/mol. The Morgan fingerprint density at radius 3 is 2.46 bits per heavy atom. The average Bonchev–Trinajstić information content (AvgIpc) is 2.61. The fourth-order valence-corrected chi connectivity index (χ4v) is 2.45. The second-order valence-corrected chi connectivity index (χ2v) is 6.42. The van der Waals surface area contributed by atoms with Crippen LogP contribution in [0.5, 0.6) is 5.75 Å². The summed E-state index contributed by atoms with van der Waals surface area (Å²) in [7, 11) is 0. The maximum absolute atomic E-state index is 11.9. The van der Waals surface area contributed by atoms with Crippen LogP contribution in [0.15, 0.2) is 42.5 Å². The molecule has 0 spiro atoms. The Balaban J connectivity index is 1.75. The lowest BCUT2D eigenvalue weighted by Gasteiger charge is -2.15. The first kappa shape index (κ1) is 19.8. The highest BCUT2D eigenvalue weighted by Gasteiger charge is 2.13. The summed E-state index contributed by atoms with van der Waals surface area (Å²) in [5.74, 6) is -0.351. The van der Waals surface area contributed by atoms with Gasteiger partial charge in [-0.25, -0.2) is 4.79 Å². The summed E-state index contributed by atoms with van der Waals surface area (Å²) in [5, 5.41) is 3.39. The molecule has 0 heterocycles. The molecular formula is C20H22ClNO4. The zero-order valence-electron chi connectivity index (χ0n) is 15.0. The second-order valence-electron chi connectivity index (χ2n) is 5.99. The van der Waals surface area contributed by atoms with E-state index in [1.165, 1.54) is 0 Å². The van der Waals surface area contributed by atoms with Crippen molar-refractivity contribution in [3.63, 3.8) is 0 Å². The molecule has 0 unspecified atom stereocenters. The van der Waals surface area contributed by atoms with E-state index in [4.69, 9.17) is 21.1 Å². The fourth-order valence-electron chi connectivity index (χ4n) is 2.32. The Labute approximate surface area is 158 Å². The van der Waals surface area contributed by atoms with E-state index >= 15 is 0 Å². The predicted octanol–water partition coefficient (Wildman–Crippen LogP) is 3.76. The second kappa shape index (κ2) is 9.25. The minimum absolute atomic E-state index is 0.218. The SMILES string of the molecule is Cc1cccc(OCC(=O)OCC(=O)N[C@@H](C)c2ccc(Cl)cc2)c1C. The van der Waals surface area contributed by atoms with Gasteiger partial charge in [0.15, 0.2) is 13.2 Å². The van der Waals surface area contributed by atoms with Gasteiger partial charge in [0.05, 0.1) is 6.04 Å². The van der Waals surface area contributed by atoms with Crippen LogP contribution >= 0.6 is 11.6 Å². The molecule has 5 nitrogen and oxygen atoms in total. The number of aryl methyl sites for hydroxylation is 1. The number of amides is 1. The van der Waals surface area contributed by atoms with Gasteiger partial charge in [0.1, 0.15) is 5.75 Å². The topological polar surface area (TPSA) is 64.6 Å². The van der Waals surface area contributed by atoms with Gasteiger partial charge in [0.2, 0.25) is 0 Å². The van der Waals surface area contributed by atoms with Crippen molar-refractivity contribution in [3.05, 3.63) is 64.2 Å². The minimum atomic E-state index is -0.597. The first-order chi connectivity index (χ1) is 12.4. The lowest BCUT2D eigenvalue weighted by molar-refractivity contribution is -0.150. The number of hydrogen-bond acceptors (Lipinski definition) is 4. The van der Waals surface area contributed by atoms with E-state index in [-0.39, 0.29) is 25.2 Å². The van der Waals surface area contributed by atoms with Crippen LogP contribution in [0.2, 0.25) is 5.02 Å². The first-order valence-corrected chi connectivity index (χ1v) is 8.64. The summed E-state index contributed by atoms with van der Waals surface area (Å²) in [4.78, 5) is 23.7. The minimum Gasteiger partial charge on any atom is -0.482 e. The highest BCUT2D eigenvalue weighted by molar-refractivity contribution is 6.30. The first-order valence-electron chi connectivity index (χ1n) is 8.26. The molecule has 0 fully saturated rings. The third kappa shape index (κ3) is 5.77. The Morgan fingerprint density at radius 2 is 1.77 bits per heavy atom. The summed E-state index contributed by atoms with van der Waals surface area (Å²) < 4.78 is 10.4. The van der Waals surface area contributed by atoms with E-state index in [1.54, 1.807) is 18.2 Å². The van der Waals surface area contributed by atoms with Gasteiger partial charge in [-0.3, -0.25) is 4.79 Å². The molecule has 0 aliphatic rings. The van der Waals surface area contributed by atoms with Crippen molar-refractivity contribution in [2.45, 2.75) is 26.8 Å². The predicted molar refractivity (Wildman–Crippen MR) is 100 cm³/mol. The Morgan fingerprint density at radius 1 is 1.08 bits per heavy atom. The summed E-state index contributed by atoms with van der Waals surface area (Å²) >= 11 is 5.84. The zero-order valence-corrected chi connectivity index (χ0v) is 15.8. The molecule has 1 amide bonds. The maximum Gasteiger partial charge on any atom is 0.344 e. The Kier molecular flexibility index (Phi) is 7.04. The largest absolute Gasteiger partial charge is 0.482 e. The standard InChI is InChI=1S/C20H22ClNO4/c1-13-5-4-6-18(14(13)2)25-12-20(24)26-11-19(23)22-15(3)16-7-9-17(21)10-8-16/h4-10,15H,11-12H2,1-3H3,(H,22,23)/t15-/m0/s1. The zero-order chi connectivity index (χ0) is 19.1. The highest BCUT2D eigenvalue weighted by atomic mass is 35.5. The summed E-state index contributed by atoms with van der Waals surface area (Å²) in [6.45, 7) is 5.12. The van der Waals surface area contributed by atoms with E-state index in [0.29, 0.717) is 10.8 Å². The van der Waals surface area contributed by atoms with Gasteiger partial charge in [-0.15, -0.1) is 0 Å². The van der Waals surface area contributed by atoms with Gasteiger partial charge >= 0.3 is 5.97 Å². The molecule has 0 saturated heterocycles. The van der Waals surface area contributed by atoms with E-state index in [1.807, 2.05) is 45.0 Å². The normalized spacial score (nSPS) is 11.5. The lowest BCUT2D eigenvalue weighted by atomic mass is 10.1. The van der Waals surface area contributed by atoms with Gasteiger partial charge in [-0.05, 0) is 55.7 Å². The molecule has 0 aliphatic carbocycles. The number of nitrogens with one attached hydrogen (secondary N) is 1. The van der Waals surface area contributed by atoms with Gasteiger partial charge in [0, 0.05) is 5.02 Å². The van der Waals surface area contributed by atoms with Crippen molar-refractivity contribution in [2.75, 3.05) is 13.2 Å². The van der Waals surface area contributed by atoms with Crippen LogP contribution in [-0.2, 0) is 14.3 Å². The van der Waals surface area contributed by atoms with Crippen molar-refractivity contribution >= 4 is 23.5 Å². The average molecular weight is 376 g/mol. The van der Waals surface area contributed by atoms with Crippen LogP contribution in [0.3, 0.4) is 0 Å². The molecule has 2 aromatic carbocycles. The van der Waals surface area contributed by atoms with Gasteiger partial charge in [-0.2, -0.15) is 0 Å². The molecule has 26 heavy (non-hydrogen) atoms. The molecule has 138 valence electrons. The lowest BCUT2D eigenvalue weighted by Crippen LogP contribution is -2.31. The van der Waals surface area contributed by atoms with E-state index in [2.05, 4.69) is 5.32 Å². The Bertz CT molecular complexity index is 774. The van der Waals surface area contributed by atoms with Gasteiger partial charge in [0.25, 0.3) is 5.91 Å². The van der Waals surface area contributed by atoms with Gasteiger partial charge < -0.3 is 14.8 Å². The molecule has 0 radical (unpaired) electrons. The van der Waals surface area contributed by atoms with Gasteiger partial charge in [-0.1, -0.05) is 35.9 Å². The number of benzene rings is 2. The molecule has 1 atom stereocenters. The van der Waals surface area contributed by atoms with Crippen molar-refractivity contribution in [3.8, 4) is 5.75 Å². The summed E-state index contributed by atoms with van der Waals surface area (Å²) in [5.41, 5.74) is 2.95. The highest BCUT2D eigenvalue weighted by Crippen LogP contribution is 2.20. The molecule has 2 aromatic rings. The molecule has 6 heteroatoms. The number of esters is 1. The molecule has 2 rings (SSSR count). The van der Waals surface area contributed by atoms with Crippen LogP contribution in [0.1, 0.15) is 29.7 Å².